The fourth-order valence-corrected chi connectivity index (χ4v) is 1.29. The predicted octanol–water partition coefficient (Wildman–Crippen LogP) is 1.59. The number of nitrogens with two attached hydrogens (primary N) is 1. The molecule has 4 nitrogen and oxygen atoms in total. The molecule has 0 amide bonds. The smallest absolute Gasteiger partial charge is 0.174 e. The quantitative estimate of drug-likeness (QED) is 0.656. The van der Waals surface area contributed by atoms with Crippen LogP contribution in [0.25, 0.3) is 11.0 Å². The van der Waals surface area contributed by atoms with E-state index >= 15 is 0 Å². The molecule has 0 radical (unpaired) electrons. The number of nitrogen functional groups attached to an aromatic ring is 1. The SMILES string of the molecule is Cc1cc(C#N)cc2c(N)noc12. The molecule has 1 heterocycles. The van der Waals surface area contributed by atoms with Gasteiger partial charge in [-0.2, -0.15) is 5.26 Å². The first-order chi connectivity index (χ1) is 6.22. The molecule has 0 atom stereocenters. The van der Waals surface area contributed by atoms with Gasteiger partial charge in [-0.15, -0.1) is 0 Å². The fourth-order valence-electron chi connectivity index (χ4n) is 1.29. The molecule has 0 unspecified atom stereocenters. The summed E-state index contributed by atoms with van der Waals surface area (Å²) >= 11 is 0. The van der Waals surface area contributed by atoms with E-state index in [0.29, 0.717) is 22.4 Å². The third-order valence-corrected chi connectivity index (χ3v) is 1.91. The van der Waals surface area contributed by atoms with Crippen LogP contribution >= 0.6 is 0 Å². The van der Waals surface area contributed by atoms with E-state index in [-0.39, 0.29) is 0 Å². The molecule has 1 aromatic carbocycles. The van der Waals surface area contributed by atoms with E-state index in [0.717, 1.165) is 5.56 Å². The van der Waals surface area contributed by atoms with Crippen molar-refractivity contribution in [2.75, 3.05) is 5.73 Å². The minimum absolute atomic E-state index is 0.329. The van der Waals surface area contributed by atoms with Gasteiger partial charge in [-0.3, -0.25) is 0 Å². The van der Waals surface area contributed by atoms with Gasteiger partial charge in [0.15, 0.2) is 11.4 Å². The van der Waals surface area contributed by atoms with Gasteiger partial charge in [0.25, 0.3) is 0 Å². The Morgan fingerprint density at radius 3 is 3.00 bits per heavy atom. The van der Waals surface area contributed by atoms with Crippen molar-refractivity contribution in [1.29, 1.82) is 5.26 Å². The average Bonchev–Trinajstić information content (AvgIpc) is 2.48. The number of nitrogens with zero attached hydrogens (tertiary/aromatic N) is 2. The third kappa shape index (κ3) is 1.02. The summed E-state index contributed by atoms with van der Waals surface area (Å²) in [5.74, 6) is 0.329. The molecule has 0 aliphatic heterocycles. The third-order valence-electron chi connectivity index (χ3n) is 1.91. The number of aromatic nitrogens is 1. The summed E-state index contributed by atoms with van der Waals surface area (Å²) in [5, 5.41) is 13.0. The van der Waals surface area contributed by atoms with Crippen molar-refractivity contribution in [2.45, 2.75) is 6.92 Å². The van der Waals surface area contributed by atoms with Crippen molar-refractivity contribution in [3.05, 3.63) is 23.3 Å². The lowest BCUT2D eigenvalue weighted by Crippen LogP contribution is -1.85. The Morgan fingerprint density at radius 1 is 1.54 bits per heavy atom. The first-order valence-corrected chi connectivity index (χ1v) is 3.78. The first-order valence-electron chi connectivity index (χ1n) is 3.78. The van der Waals surface area contributed by atoms with Crippen LogP contribution in [0.5, 0.6) is 0 Å². The van der Waals surface area contributed by atoms with Gasteiger partial charge in [-0.25, -0.2) is 0 Å². The standard InChI is InChI=1S/C9H7N3O/c1-5-2-6(4-10)3-7-8(5)13-12-9(7)11/h2-3H,1H3,(H2,11,12). The maximum Gasteiger partial charge on any atom is 0.174 e. The van der Waals surface area contributed by atoms with Crippen LogP contribution in [0.15, 0.2) is 16.7 Å². The maximum atomic E-state index is 8.71. The first kappa shape index (κ1) is 7.62. The minimum atomic E-state index is 0.329. The highest BCUT2D eigenvalue weighted by Crippen LogP contribution is 2.24. The molecular formula is C9H7N3O. The zero-order valence-electron chi connectivity index (χ0n) is 7.03. The second kappa shape index (κ2) is 2.49. The van der Waals surface area contributed by atoms with Crippen LogP contribution in [-0.2, 0) is 0 Å². The van der Waals surface area contributed by atoms with Crippen molar-refractivity contribution in [1.82, 2.24) is 5.16 Å². The van der Waals surface area contributed by atoms with Gasteiger partial charge in [-0.1, -0.05) is 5.16 Å². The van der Waals surface area contributed by atoms with E-state index in [4.69, 9.17) is 15.5 Å². The van der Waals surface area contributed by atoms with Crippen LogP contribution in [0.4, 0.5) is 5.82 Å². The normalized spacial score (nSPS) is 10.2. The summed E-state index contributed by atoms with van der Waals surface area (Å²) in [6.07, 6.45) is 0. The Kier molecular flexibility index (Phi) is 1.46. The van der Waals surface area contributed by atoms with Gasteiger partial charge >= 0.3 is 0 Å². The van der Waals surface area contributed by atoms with E-state index in [9.17, 15) is 0 Å². The molecule has 0 bridgehead atoms. The highest BCUT2D eigenvalue weighted by Gasteiger charge is 2.08. The molecule has 0 fully saturated rings. The van der Waals surface area contributed by atoms with E-state index in [1.54, 1.807) is 12.1 Å². The Morgan fingerprint density at radius 2 is 2.31 bits per heavy atom. The molecule has 2 N–H and O–H groups in total. The minimum Gasteiger partial charge on any atom is -0.380 e. The zero-order chi connectivity index (χ0) is 9.42. The van der Waals surface area contributed by atoms with E-state index in [2.05, 4.69) is 11.2 Å². The summed E-state index contributed by atoms with van der Waals surface area (Å²) in [4.78, 5) is 0. The highest BCUT2D eigenvalue weighted by atomic mass is 16.5. The summed E-state index contributed by atoms with van der Waals surface area (Å²) < 4.78 is 4.99. The summed E-state index contributed by atoms with van der Waals surface area (Å²) in [6.45, 7) is 1.85. The predicted molar refractivity (Wildman–Crippen MR) is 47.9 cm³/mol. The number of hydrogen-bond acceptors (Lipinski definition) is 4. The maximum absolute atomic E-state index is 8.71. The van der Waals surface area contributed by atoms with Crippen molar-refractivity contribution in [2.24, 2.45) is 0 Å². The molecule has 2 aromatic rings. The summed E-state index contributed by atoms with van der Waals surface area (Å²) in [5.41, 5.74) is 7.65. The topological polar surface area (TPSA) is 75.8 Å². The second-order valence-corrected chi connectivity index (χ2v) is 2.85. The Hall–Kier alpha value is -2.02. The van der Waals surface area contributed by atoms with Crippen LogP contribution in [0, 0.1) is 18.3 Å². The number of aryl methyl sites for hydroxylation is 1. The highest BCUT2D eigenvalue weighted by molar-refractivity contribution is 5.90. The molecule has 0 aliphatic rings. The number of nitriles is 1. The molecular weight excluding hydrogens is 166 g/mol. The van der Waals surface area contributed by atoms with Crippen LogP contribution in [0.1, 0.15) is 11.1 Å². The number of fused-ring (bicyclic) bond motifs is 1. The largest absolute Gasteiger partial charge is 0.380 e. The lowest BCUT2D eigenvalue weighted by atomic mass is 10.1. The number of rotatable bonds is 0. The van der Waals surface area contributed by atoms with Crippen LogP contribution in [0.3, 0.4) is 0 Å². The van der Waals surface area contributed by atoms with E-state index in [1.165, 1.54) is 0 Å². The zero-order valence-corrected chi connectivity index (χ0v) is 7.03. The summed E-state index contributed by atoms with van der Waals surface area (Å²) in [6, 6.07) is 5.47. The van der Waals surface area contributed by atoms with Crippen molar-refractivity contribution < 1.29 is 4.52 Å². The monoisotopic (exact) mass is 173 g/mol. The van der Waals surface area contributed by atoms with Crippen LogP contribution in [0.2, 0.25) is 0 Å². The molecule has 4 heteroatoms. The van der Waals surface area contributed by atoms with Crippen LogP contribution < -0.4 is 5.73 Å². The van der Waals surface area contributed by atoms with Gasteiger partial charge in [0.1, 0.15) is 0 Å². The molecule has 0 saturated heterocycles. The molecule has 0 saturated carbocycles. The van der Waals surface area contributed by atoms with Crippen molar-refractivity contribution >= 4 is 16.8 Å². The second-order valence-electron chi connectivity index (χ2n) is 2.85. The molecule has 13 heavy (non-hydrogen) atoms. The fraction of sp³-hybridized carbons (Fsp3) is 0.111. The molecule has 64 valence electrons. The van der Waals surface area contributed by atoms with Crippen LogP contribution in [-0.4, -0.2) is 5.16 Å². The van der Waals surface area contributed by atoms with Gasteiger partial charge in [0.05, 0.1) is 17.0 Å². The van der Waals surface area contributed by atoms with Crippen molar-refractivity contribution in [3.8, 4) is 6.07 Å². The summed E-state index contributed by atoms with van der Waals surface area (Å²) in [7, 11) is 0. The van der Waals surface area contributed by atoms with E-state index < -0.39 is 0 Å². The molecule has 0 spiro atoms. The molecule has 0 aliphatic carbocycles. The lowest BCUT2D eigenvalue weighted by Gasteiger charge is -1.93. The molecule has 2 rings (SSSR count). The number of anilines is 1. The van der Waals surface area contributed by atoms with Gasteiger partial charge in [-0.05, 0) is 24.6 Å². The lowest BCUT2D eigenvalue weighted by molar-refractivity contribution is 0.459. The Bertz CT molecular complexity index is 507. The van der Waals surface area contributed by atoms with Gasteiger partial charge in [0, 0.05) is 0 Å². The van der Waals surface area contributed by atoms with Gasteiger partial charge in [0.2, 0.25) is 0 Å². The number of hydrogen-bond donors (Lipinski definition) is 1. The van der Waals surface area contributed by atoms with Crippen molar-refractivity contribution in [3.63, 3.8) is 0 Å². The average molecular weight is 173 g/mol. The Balaban J connectivity index is 2.90. The van der Waals surface area contributed by atoms with E-state index in [1.807, 2.05) is 6.92 Å². The number of benzene rings is 1. The van der Waals surface area contributed by atoms with Gasteiger partial charge < -0.3 is 10.3 Å². The molecule has 1 aromatic heterocycles. The Labute approximate surface area is 74.5 Å².